The molecular formula is C18H17FN2O3S. The van der Waals surface area contributed by atoms with Crippen molar-refractivity contribution < 1.29 is 18.4 Å². The Kier molecular flexibility index (Phi) is 5.90. The molecule has 0 aliphatic heterocycles. The number of aromatic nitrogens is 2. The molecule has 0 bridgehead atoms. The number of rotatable bonds is 8. The molecule has 7 heteroatoms. The summed E-state index contributed by atoms with van der Waals surface area (Å²) in [5.74, 6) is 3.70. The van der Waals surface area contributed by atoms with Crippen LogP contribution in [0.2, 0.25) is 0 Å². The summed E-state index contributed by atoms with van der Waals surface area (Å²) in [6.07, 6.45) is 0. The van der Waals surface area contributed by atoms with Gasteiger partial charge in [0.15, 0.2) is 0 Å². The Hall–Kier alpha value is -2.54. The summed E-state index contributed by atoms with van der Waals surface area (Å²) >= 11 is 1.64. The molecule has 2 aromatic carbocycles. The van der Waals surface area contributed by atoms with Crippen molar-refractivity contribution in [3.63, 3.8) is 0 Å². The van der Waals surface area contributed by atoms with E-state index in [-0.39, 0.29) is 5.82 Å². The van der Waals surface area contributed by atoms with Crippen molar-refractivity contribution in [2.24, 2.45) is 0 Å². The van der Waals surface area contributed by atoms with Crippen LogP contribution >= 0.6 is 11.8 Å². The third-order valence-corrected chi connectivity index (χ3v) is 4.26. The smallest absolute Gasteiger partial charge is 0.236 e. The van der Waals surface area contributed by atoms with Crippen LogP contribution in [0.1, 0.15) is 5.89 Å². The number of nitrogens with zero attached hydrogens (tertiary/aromatic N) is 2. The quantitative estimate of drug-likeness (QED) is 0.561. The Bertz CT molecular complexity index is 791. The summed E-state index contributed by atoms with van der Waals surface area (Å²) in [7, 11) is 1.63. The van der Waals surface area contributed by atoms with E-state index in [0.29, 0.717) is 24.1 Å². The number of thioether (sulfide) groups is 1. The van der Waals surface area contributed by atoms with Crippen LogP contribution in [0.15, 0.2) is 53.1 Å². The van der Waals surface area contributed by atoms with Crippen molar-refractivity contribution in [2.45, 2.75) is 5.75 Å². The molecule has 0 fully saturated rings. The van der Waals surface area contributed by atoms with Crippen molar-refractivity contribution in [1.29, 1.82) is 0 Å². The fraction of sp³-hybridized carbons (Fsp3) is 0.222. The van der Waals surface area contributed by atoms with Crippen molar-refractivity contribution in [3.8, 4) is 22.9 Å². The van der Waals surface area contributed by atoms with Crippen molar-refractivity contribution >= 4 is 11.8 Å². The monoisotopic (exact) mass is 360 g/mol. The molecule has 3 rings (SSSR count). The van der Waals surface area contributed by atoms with E-state index >= 15 is 0 Å². The Balaban J connectivity index is 1.41. The fourth-order valence-electron chi connectivity index (χ4n) is 2.08. The van der Waals surface area contributed by atoms with Crippen molar-refractivity contribution in [1.82, 2.24) is 10.1 Å². The van der Waals surface area contributed by atoms with Gasteiger partial charge >= 0.3 is 0 Å². The molecule has 0 saturated carbocycles. The van der Waals surface area contributed by atoms with E-state index in [9.17, 15) is 4.39 Å². The molecule has 0 aliphatic carbocycles. The standard InChI is InChI=1S/C18H17FN2O3S/c1-22-15-6-8-16(9-7-15)23-10-11-25-12-17-20-18(21-24-17)13-2-4-14(19)5-3-13/h2-9H,10-12H2,1H3. The summed E-state index contributed by atoms with van der Waals surface area (Å²) in [6, 6.07) is 13.5. The van der Waals surface area contributed by atoms with E-state index < -0.39 is 0 Å². The van der Waals surface area contributed by atoms with Gasteiger partial charge in [0.05, 0.1) is 19.5 Å². The Morgan fingerprint density at radius 3 is 2.48 bits per heavy atom. The molecule has 1 aromatic heterocycles. The zero-order chi connectivity index (χ0) is 17.5. The van der Waals surface area contributed by atoms with Gasteiger partial charge in [-0.15, -0.1) is 11.8 Å². The fourth-order valence-corrected chi connectivity index (χ4v) is 2.72. The molecule has 25 heavy (non-hydrogen) atoms. The number of methoxy groups -OCH3 is 1. The topological polar surface area (TPSA) is 57.4 Å². The highest BCUT2D eigenvalue weighted by Crippen LogP contribution is 2.19. The molecule has 0 radical (unpaired) electrons. The highest BCUT2D eigenvalue weighted by molar-refractivity contribution is 7.98. The van der Waals surface area contributed by atoms with Crippen molar-refractivity contribution in [2.75, 3.05) is 19.5 Å². The van der Waals surface area contributed by atoms with E-state index in [1.807, 2.05) is 24.3 Å². The third-order valence-electron chi connectivity index (χ3n) is 3.35. The average Bonchev–Trinajstić information content (AvgIpc) is 3.11. The maximum atomic E-state index is 12.9. The first kappa shape index (κ1) is 17.3. The van der Waals surface area contributed by atoms with E-state index in [1.54, 1.807) is 31.0 Å². The zero-order valence-corrected chi connectivity index (χ0v) is 14.5. The van der Waals surface area contributed by atoms with Crippen LogP contribution < -0.4 is 9.47 Å². The highest BCUT2D eigenvalue weighted by Gasteiger charge is 2.08. The van der Waals surface area contributed by atoms with Crippen LogP contribution in [-0.2, 0) is 5.75 Å². The van der Waals surface area contributed by atoms with E-state index in [0.717, 1.165) is 22.8 Å². The minimum absolute atomic E-state index is 0.292. The van der Waals surface area contributed by atoms with Gasteiger partial charge in [0.1, 0.15) is 17.3 Å². The summed E-state index contributed by atoms with van der Waals surface area (Å²) in [4.78, 5) is 4.31. The largest absolute Gasteiger partial charge is 0.497 e. The number of hydrogen-bond acceptors (Lipinski definition) is 6. The lowest BCUT2D eigenvalue weighted by atomic mass is 10.2. The van der Waals surface area contributed by atoms with Gasteiger partial charge < -0.3 is 14.0 Å². The van der Waals surface area contributed by atoms with E-state index in [2.05, 4.69) is 10.1 Å². The molecule has 1 heterocycles. The molecule has 0 aliphatic rings. The summed E-state index contributed by atoms with van der Waals surface area (Å²) < 4.78 is 28.9. The molecule has 0 saturated heterocycles. The van der Waals surface area contributed by atoms with Gasteiger partial charge in [0.2, 0.25) is 11.7 Å². The lowest BCUT2D eigenvalue weighted by Gasteiger charge is -2.06. The molecule has 130 valence electrons. The van der Waals surface area contributed by atoms with Crippen molar-refractivity contribution in [3.05, 3.63) is 60.2 Å². The normalized spacial score (nSPS) is 10.6. The Labute approximate surface area is 149 Å². The van der Waals surface area contributed by atoms with Gasteiger partial charge in [-0.2, -0.15) is 4.98 Å². The first-order valence-corrected chi connectivity index (χ1v) is 8.83. The van der Waals surface area contributed by atoms with Gasteiger partial charge in [0, 0.05) is 11.3 Å². The molecule has 0 N–H and O–H groups in total. The van der Waals surface area contributed by atoms with E-state index in [4.69, 9.17) is 14.0 Å². The third kappa shape index (κ3) is 4.96. The second kappa shape index (κ2) is 8.53. The number of benzene rings is 2. The lowest BCUT2D eigenvalue weighted by molar-refractivity contribution is 0.342. The molecule has 3 aromatic rings. The minimum Gasteiger partial charge on any atom is -0.497 e. The zero-order valence-electron chi connectivity index (χ0n) is 13.6. The minimum atomic E-state index is -0.292. The van der Waals surface area contributed by atoms with Crippen LogP contribution in [0.5, 0.6) is 11.5 Å². The van der Waals surface area contributed by atoms with Gasteiger partial charge in [-0.25, -0.2) is 4.39 Å². The predicted octanol–water partition coefficient (Wildman–Crippen LogP) is 4.20. The molecule has 0 spiro atoms. The number of hydrogen-bond donors (Lipinski definition) is 0. The Morgan fingerprint density at radius 2 is 1.76 bits per heavy atom. The predicted molar refractivity (Wildman–Crippen MR) is 94.3 cm³/mol. The summed E-state index contributed by atoms with van der Waals surface area (Å²) in [5, 5.41) is 3.91. The summed E-state index contributed by atoms with van der Waals surface area (Å²) in [6.45, 7) is 0.579. The molecule has 5 nitrogen and oxygen atoms in total. The van der Waals surface area contributed by atoms with E-state index in [1.165, 1.54) is 12.1 Å². The average molecular weight is 360 g/mol. The molecule has 0 atom stereocenters. The second-order valence-electron chi connectivity index (χ2n) is 5.10. The second-order valence-corrected chi connectivity index (χ2v) is 6.20. The van der Waals surface area contributed by atoms with Crippen LogP contribution in [0, 0.1) is 5.82 Å². The van der Waals surface area contributed by atoms with Crippen LogP contribution in [0.3, 0.4) is 0 Å². The van der Waals surface area contributed by atoms with Crippen LogP contribution in [0.25, 0.3) is 11.4 Å². The SMILES string of the molecule is COc1ccc(OCCSCc2nc(-c3ccc(F)cc3)no2)cc1. The Morgan fingerprint density at radius 1 is 1.04 bits per heavy atom. The number of halogens is 1. The maximum absolute atomic E-state index is 12.9. The van der Waals surface area contributed by atoms with Gasteiger partial charge in [-0.05, 0) is 48.5 Å². The van der Waals surface area contributed by atoms with Gasteiger partial charge in [-0.3, -0.25) is 0 Å². The lowest BCUT2D eigenvalue weighted by Crippen LogP contribution is -2.00. The number of ether oxygens (including phenoxy) is 2. The maximum Gasteiger partial charge on any atom is 0.236 e. The molecule has 0 unspecified atom stereocenters. The van der Waals surface area contributed by atoms with Gasteiger partial charge in [0.25, 0.3) is 0 Å². The van der Waals surface area contributed by atoms with Gasteiger partial charge in [-0.1, -0.05) is 5.16 Å². The first-order chi connectivity index (χ1) is 12.2. The highest BCUT2D eigenvalue weighted by atomic mass is 32.2. The van der Waals surface area contributed by atoms with Crippen LogP contribution in [0.4, 0.5) is 4.39 Å². The first-order valence-electron chi connectivity index (χ1n) is 7.68. The molecule has 0 amide bonds. The molecular weight excluding hydrogens is 343 g/mol. The van der Waals surface area contributed by atoms with Crippen LogP contribution in [-0.4, -0.2) is 29.6 Å². The summed E-state index contributed by atoms with van der Waals surface area (Å²) in [5.41, 5.74) is 0.726.